The fourth-order valence-electron chi connectivity index (χ4n) is 2.33. The Labute approximate surface area is 117 Å². The molecule has 0 spiro atoms. The Morgan fingerprint density at radius 2 is 2.06 bits per heavy atom. The summed E-state index contributed by atoms with van der Waals surface area (Å²) in [5.41, 5.74) is 0.767. The second-order valence-electron chi connectivity index (χ2n) is 5.07. The number of hydrogen-bond donors (Lipinski definition) is 1. The lowest BCUT2D eigenvalue weighted by Crippen LogP contribution is -2.38. The molecular formula is C14H19BrN2O. The van der Waals surface area contributed by atoms with Crippen LogP contribution in [0.25, 0.3) is 0 Å². The molecule has 2 rings (SSSR count). The summed E-state index contributed by atoms with van der Waals surface area (Å²) >= 11 is 3.38. The summed E-state index contributed by atoms with van der Waals surface area (Å²) in [5, 5.41) is 3.49. The summed E-state index contributed by atoms with van der Waals surface area (Å²) in [7, 11) is 0. The largest absolute Gasteiger partial charge is 0.337 e. The molecule has 0 unspecified atom stereocenters. The number of carbonyl (C=O) groups is 1. The molecule has 1 atom stereocenters. The van der Waals surface area contributed by atoms with Crippen LogP contribution < -0.4 is 5.32 Å². The van der Waals surface area contributed by atoms with Gasteiger partial charge in [0, 0.05) is 35.2 Å². The molecule has 0 aliphatic carbocycles. The van der Waals surface area contributed by atoms with Gasteiger partial charge >= 0.3 is 0 Å². The summed E-state index contributed by atoms with van der Waals surface area (Å²) in [6, 6.07) is 8.47. The van der Waals surface area contributed by atoms with Crippen molar-refractivity contribution in [2.24, 2.45) is 0 Å². The number of likely N-dealkylation sites (tertiary alicyclic amines) is 1. The Hall–Kier alpha value is -0.870. The highest BCUT2D eigenvalue weighted by atomic mass is 79.9. The lowest BCUT2D eigenvalue weighted by Gasteiger charge is -2.18. The lowest BCUT2D eigenvalue weighted by molar-refractivity contribution is 0.0789. The second kappa shape index (κ2) is 5.85. The molecule has 1 N–H and O–H groups in total. The lowest BCUT2D eigenvalue weighted by atomic mass is 10.2. The van der Waals surface area contributed by atoms with Crippen LogP contribution in [0.4, 0.5) is 0 Å². The number of nitrogens with one attached hydrogen (secondary N) is 1. The highest BCUT2D eigenvalue weighted by molar-refractivity contribution is 9.10. The molecule has 1 amide bonds. The van der Waals surface area contributed by atoms with Crippen molar-refractivity contribution < 1.29 is 4.79 Å². The minimum Gasteiger partial charge on any atom is -0.337 e. The summed E-state index contributed by atoms with van der Waals surface area (Å²) < 4.78 is 1.000. The van der Waals surface area contributed by atoms with Crippen LogP contribution in [0.15, 0.2) is 28.7 Å². The highest BCUT2D eigenvalue weighted by Crippen LogP contribution is 2.16. The zero-order valence-electron chi connectivity index (χ0n) is 10.8. The third-order valence-corrected chi connectivity index (χ3v) is 3.66. The Balaban J connectivity index is 1.97. The first-order valence-electron chi connectivity index (χ1n) is 6.37. The van der Waals surface area contributed by atoms with Gasteiger partial charge in [-0.2, -0.15) is 0 Å². The van der Waals surface area contributed by atoms with E-state index in [1.807, 2.05) is 29.2 Å². The molecule has 1 aromatic rings. The van der Waals surface area contributed by atoms with Crippen molar-refractivity contribution in [1.29, 1.82) is 0 Å². The maximum atomic E-state index is 12.3. The van der Waals surface area contributed by atoms with Gasteiger partial charge in [0.25, 0.3) is 5.91 Å². The zero-order valence-corrected chi connectivity index (χ0v) is 12.4. The van der Waals surface area contributed by atoms with Crippen LogP contribution in [-0.4, -0.2) is 36.0 Å². The van der Waals surface area contributed by atoms with Gasteiger partial charge in [-0.1, -0.05) is 29.8 Å². The van der Waals surface area contributed by atoms with Gasteiger partial charge in [0.05, 0.1) is 0 Å². The van der Waals surface area contributed by atoms with Gasteiger partial charge in [-0.3, -0.25) is 4.79 Å². The molecule has 1 aliphatic heterocycles. The quantitative estimate of drug-likeness (QED) is 0.931. The summed E-state index contributed by atoms with van der Waals surface area (Å²) in [5.74, 6) is 0.135. The van der Waals surface area contributed by atoms with Crippen LogP contribution in [0.2, 0.25) is 0 Å². The van der Waals surface area contributed by atoms with Crippen molar-refractivity contribution in [3.63, 3.8) is 0 Å². The van der Waals surface area contributed by atoms with E-state index in [4.69, 9.17) is 0 Å². The van der Waals surface area contributed by atoms with E-state index < -0.39 is 0 Å². The third-order valence-electron chi connectivity index (χ3n) is 3.14. The maximum absolute atomic E-state index is 12.3. The Morgan fingerprint density at radius 1 is 1.39 bits per heavy atom. The van der Waals surface area contributed by atoms with Crippen molar-refractivity contribution in [3.05, 3.63) is 34.3 Å². The molecule has 1 aromatic carbocycles. The second-order valence-corrected chi connectivity index (χ2v) is 5.98. The molecule has 3 nitrogen and oxygen atoms in total. The van der Waals surface area contributed by atoms with Gasteiger partial charge in [-0.15, -0.1) is 0 Å². The highest BCUT2D eigenvalue weighted by Gasteiger charge is 2.26. The van der Waals surface area contributed by atoms with E-state index in [1.54, 1.807) is 0 Å². The molecule has 1 fully saturated rings. The van der Waals surface area contributed by atoms with E-state index >= 15 is 0 Å². The number of rotatable bonds is 3. The number of benzene rings is 1. The molecule has 0 radical (unpaired) electrons. The SMILES string of the molecule is CC(C)N[C@H]1CCN(C(=O)c2ccc(Br)cc2)C1. The van der Waals surface area contributed by atoms with Crippen molar-refractivity contribution in [1.82, 2.24) is 10.2 Å². The van der Waals surface area contributed by atoms with E-state index in [2.05, 4.69) is 35.1 Å². The van der Waals surface area contributed by atoms with E-state index in [1.165, 1.54) is 0 Å². The Bertz CT molecular complexity index is 416. The van der Waals surface area contributed by atoms with Crippen LogP contribution in [0.5, 0.6) is 0 Å². The number of halogens is 1. The van der Waals surface area contributed by atoms with Gasteiger partial charge in [-0.25, -0.2) is 0 Å². The normalized spacial score (nSPS) is 19.6. The molecule has 98 valence electrons. The Kier molecular flexibility index (Phi) is 4.40. The van der Waals surface area contributed by atoms with Crippen molar-refractivity contribution >= 4 is 21.8 Å². The van der Waals surface area contributed by atoms with Gasteiger partial charge < -0.3 is 10.2 Å². The zero-order chi connectivity index (χ0) is 13.1. The number of amides is 1. The third kappa shape index (κ3) is 3.33. The molecule has 1 saturated heterocycles. The predicted octanol–water partition coefficient (Wildman–Crippen LogP) is 2.66. The minimum absolute atomic E-state index is 0.135. The molecular weight excluding hydrogens is 292 g/mol. The average molecular weight is 311 g/mol. The molecule has 0 aromatic heterocycles. The van der Waals surface area contributed by atoms with Crippen LogP contribution >= 0.6 is 15.9 Å². The molecule has 18 heavy (non-hydrogen) atoms. The number of hydrogen-bond acceptors (Lipinski definition) is 2. The smallest absolute Gasteiger partial charge is 0.253 e. The molecule has 0 bridgehead atoms. The average Bonchev–Trinajstić information content (AvgIpc) is 2.76. The van der Waals surface area contributed by atoms with E-state index in [0.717, 1.165) is 29.5 Å². The summed E-state index contributed by atoms with van der Waals surface area (Å²) in [6.45, 7) is 5.94. The van der Waals surface area contributed by atoms with Crippen LogP contribution in [-0.2, 0) is 0 Å². The van der Waals surface area contributed by atoms with Crippen molar-refractivity contribution in [2.45, 2.75) is 32.4 Å². The Morgan fingerprint density at radius 3 is 2.67 bits per heavy atom. The first-order chi connectivity index (χ1) is 8.56. The fraction of sp³-hybridized carbons (Fsp3) is 0.500. The summed E-state index contributed by atoms with van der Waals surface area (Å²) in [4.78, 5) is 14.2. The van der Waals surface area contributed by atoms with Gasteiger partial charge in [0.15, 0.2) is 0 Å². The minimum atomic E-state index is 0.135. The standard InChI is InChI=1S/C14H19BrN2O/c1-10(2)16-13-7-8-17(9-13)14(18)11-3-5-12(15)6-4-11/h3-6,10,13,16H,7-9H2,1-2H3/t13-/m0/s1. The molecule has 0 saturated carbocycles. The summed E-state index contributed by atoms with van der Waals surface area (Å²) in [6.07, 6.45) is 1.04. The fourth-order valence-corrected chi connectivity index (χ4v) is 2.59. The van der Waals surface area contributed by atoms with E-state index in [-0.39, 0.29) is 5.91 Å². The van der Waals surface area contributed by atoms with Gasteiger partial charge in [0.1, 0.15) is 0 Å². The van der Waals surface area contributed by atoms with Crippen LogP contribution in [0.3, 0.4) is 0 Å². The van der Waals surface area contributed by atoms with E-state index in [0.29, 0.717) is 12.1 Å². The number of nitrogens with zero attached hydrogens (tertiary/aromatic N) is 1. The first-order valence-corrected chi connectivity index (χ1v) is 7.16. The molecule has 1 heterocycles. The molecule has 4 heteroatoms. The topological polar surface area (TPSA) is 32.3 Å². The van der Waals surface area contributed by atoms with E-state index in [9.17, 15) is 4.79 Å². The first kappa shape index (κ1) is 13.6. The van der Waals surface area contributed by atoms with Crippen LogP contribution in [0.1, 0.15) is 30.6 Å². The molecule has 1 aliphatic rings. The number of carbonyl (C=O) groups excluding carboxylic acids is 1. The van der Waals surface area contributed by atoms with Gasteiger partial charge in [0.2, 0.25) is 0 Å². The van der Waals surface area contributed by atoms with Crippen molar-refractivity contribution in [3.8, 4) is 0 Å². The van der Waals surface area contributed by atoms with Gasteiger partial charge in [-0.05, 0) is 30.7 Å². The van der Waals surface area contributed by atoms with Crippen molar-refractivity contribution in [2.75, 3.05) is 13.1 Å². The monoisotopic (exact) mass is 310 g/mol. The predicted molar refractivity (Wildman–Crippen MR) is 76.7 cm³/mol. The maximum Gasteiger partial charge on any atom is 0.253 e. The van der Waals surface area contributed by atoms with Crippen LogP contribution in [0, 0.1) is 0 Å².